The lowest BCUT2D eigenvalue weighted by molar-refractivity contribution is -0.139. The van der Waals surface area contributed by atoms with E-state index >= 15 is 0 Å². The highest BCUT2D eigenvalue weighted by Crippen LogP contribution is 2.38. The van der Waals surface area contributed by atoms with Crippen LogP contribution in [0.2, 0.25) is 0 Å². The summed E-state index contributed by atoms with van der Waals surface area (Å²) in [4.78, 5) is 25.1. The first kappa shape index (κ1) is 15.1. The number of carbonyl (C=O) groups is 2. The van der Waals surface area contributed by atoms with Crippen molar-refractivity contribution in [3.05, 3.63) is 65.7 Å². The summed E-state index contributed by atoms with van der Waals surface area (Å²) in [5.74, 6) is -4.34. The number of aliphatic carboxylic acids is 1. The van der Waals surface area contributed by atoms with E-state index in [0.717, 1.165) is 22.6 Å². The molecule has 0 spiro atoms. The van der Waals surface area contributed by atoms with Crippen LogP contribution in [0.3, 0.4) is 0 Å². The van der Waals surface area contributed by atoms with E-state index in [1.165, 1.54) is 6.07 Å². The predicted octanol–water partition coefficient (Wildman–Crippen LogP) is 2.94. The van der Waals surface area contributed by atoms with Gasteiger partial charge < -0.3 is 5.11 Å². The minimum Gasteiger partial charge on any atom is -0.480 e. The van der Waals surface area contributed by atoms with Crippen molar-refractivity contribution in [1.29, 1.82) is 0 Å². The Balaban J connectivity index is 2.04. The van der Waals surface area contributed by atoms with E-state index < -0.39 is 35.5 Å². The van der Waals surface area contributed by atoms with Gasteiger partial charge in [0.1, 0.15) is 6.04 Å². The predicted molar refractivity (Wildman–Crippen MR) is 79.1 cm³/mol. The Morgan fingerprint density at radius 3 is 2.39 bits per heavy atom. The van der Waals surface area contributed by atoms with Gasteiger partial charge in [-0.2, -0.15) is 0 Å². The number of hydrogen-bond acceptors (Lipinski definition) is 2. The molecule has 2 aromatic rings. The first-order valence-corrected chi connectivity index (χ1v) is 7.04. The number of halogens is 2. The number of carboxylic acid groups (broad SMARTS) is 1. The number of carbonyl (C=O) groups excluding carboxylic acids is 1. The van der Waals surface area contributed by atoms with Crippen LogP contribution in [0.5, 0.6) is 0 Å². The summed E-state index contributed by atoms with van der Waals surface area (Å²) in [6, 6.07) is 10.6. The maximum atomic E-state index is 13.4. The van der Waals surface area contributed by atoms with Crippen LogP contribution in [-0.4, -0.2) is 23.0 Å². The van der Waals surface area contributed by atoms with Crippen molar-refractivity contribution in [3.63, 3.8) is 0 Å². The SMILES string of the molecule is O=C(O)[C@H]1[C@H](c2ccccc2)CC(=O)N1c1ccc(F)c(F)c1. The van der Waals surface area contributed by atoms with Crippen molar-refractivity contribution in [1.82, 2.24) is 0 Å². The first-order chi connectivity index (χ1) is 11.0. The number of carboxylic acids is 1. The van der Waals surface area contributed by atoms with E-state index in [2.05, 4.69) is 0 Å². The molecule has 1 saturated heterocycles. The van der Waals surface area contributed by atoms with Crippen LogP contribution in [-0.2, 0) is 9.59 Å². The molecule has 1 amide bonds. The van der Waals surface area contributed by atoms with Gasteiger partial charge in [0.15, 0.2) is 11.6 Å². The van der Waals surface area contributed by atoms with Gasteiger partial charge in [0, 0.05) is 24.1 Å². The fourth-order valence-corrected chi connectivity index (χ4v) is 2.96. The lowest BCUT2D eigenvalue weighted by atomic mass is 9.91. The second-order valence-electron chi connectivity index (χ2n) is 5.37. The molecule has 1 fully saturated rings. The van der Waals surface area contributed by atoms with Crippen molar-refractivity contribution < 1.29 is 23.5 Å². The summed E-state index contributed by atoms with van der Waals surface area (Å²) in [6.45, 7) is 0. The van der Waals surface area contributed by atoms with Crippen molar-refractivity contribution in [2.75, 3.05) is 4.90 Å². The Kier molecular flexibility index (Phi) is 3.82. The maximum absolute atomic E-state index is 13.4. The molecule has 2 atom stereocenters. The largest absolute Gasteiger partial charge is 0.480 e. The third-order valence-corrected chi connectivity index (χ3v) is 3.98. The lowest BCUT2D eigenvalue weighted by Gasteiger charge is -2.25. The van der Waals surface area contributed by atoms with Gasteiger partial charge in [0.2, 0.25) is 5.91 Å². The number of amides is 1. The van der Waals surface area contributed by atoms with Gasteiger partial charge in [-0.25, -0.2) is 13.6 Å². The maximum Gasteiger partial charge on any atom is 0.327 e. The molecule has 0 aliphatic carbocycles. The highest BCUT2D eigenvalue weighted by atomic mass is 19.2. The molecular formula is C17H13F2NO3. The number of rotatable bonds is 3. The zero-order chi connectivity index (χ0) is 16.6. The molecule has 2 aromatic carbocycles. The summed E-state index contributed by atoms with van der Waals surface area (Å²) in [5.41, 5.74) is 0.762. The summed E-state index contributed by atoms with van der Waals surface area (Å²) in [6.07, 6.45) is -0.0000243. The molecule has 1 heterocycles. The van der Waals surface area contributed by atoms with E-state index in [-0.39, 0.29) is 12.1 Å². The highest BCUT2D eigenvalue weighted by Gasteiger charge is 2.45. The molecule has 0 bridgehead atoms. The van der Waals surface area contributed by atoms with Gasteiger partial charge in [-0.3, -0.25) is 9.69 Å². The Morgan fingerprint density at radius 2 is 1.78 bits per heavy atom. The Morgan fingerprint density at radius 1 is 1.09 bits per heavy atom. The molecule has 0 unspecified atom stereocenters. The fraction of sp³-hybridized carbons (Fsp3) is 0.176. The molecule has 118 valence electrons. The average molecular weight is 317 g/mol. The van der Waals surface area contributed by atoms with Gasteiger partial charge in [-0.05, 0) is 17.7 Å². The van der Waals surface area contributed by atoms with Crippen LogP contribution in [0.15, 0.2) is 48.5 Å². The van der Waals surface area contributed by atoms with Crippen LogP contribution in [0, 0.1) is 11.6 Å². The summed E-state index contributed by atoms with van der Waals surface area (Å²) in [7, 11) is 0. The third-order valence-electron chi connectivity index (χ3n) is 3.98. The van der Waals surface area contributed by atoms with Crippen molar-refractivity contribution in [2.24, 2.45) is 0 Å². The molecule has 4 nitrogen and oxygen atoms in total. The molecule has 0 aromatic heterocycles. The highest BCUT2D eigenvalue weighted by molar-refractivity contribution is 6.03. The van der Waals surface area contributed by atoms with Crippen LogP contribution in [0.4, 0.5) is 14.5 Å². The van der Waals surface area contributed by atoms with Crippen molar-refractivity contribution in [2.45, 2.75) is 18.4 Å². The number of nitrogens with zero attached hydrogens (tertiary/aromatic N) is 1. The van der Waals surface area contributed by atoms with Gasteiger partial charge in [-0.15, -0.1) is 0 Å². The van der Waals surface area contributed by atoms with E-state index in [4.69, 9.17) is 0 Å². The zero-order valence-electron chi connectivity index (χ0n) is 11.9. The van der Waals surface area contributed by atoms with E-state index in [1.807, 2.05) is 0 Å². The normalized spacial score (nSPS) is 20.8. The molecule has 1 N–H and O–H groups in total. The topological polar surface area (TPSA) is 57.6 Å². The van der Waals surface area contributed by atoms with E-state index in [0.29, 0.717) is 0 Å². The van der Waals surface area contributed by atoms with Gasteiger partial charge in [0.05, 0.1) is 0 Å². The summed E-state index contributed by atoms with van der Waals surface area (Å²) in [5, 5.41) is 9.56. The quantitative estimate of drug-likeness (QED) is 0.947. The second kappa shape index (κ2) is 5.79. The Bertz CT molecular complexity index is 764. The van der Waals surface area contributed by atoms with E-state index in [9.17, 15) is 23.5 Å². The molecule has 0 radical (unpaired) electrons. The van der Waals surface area contributed by atoms with Gasteiger partial charge >= 0.3 is 5.97 Å². The molecule has 0 saturated carbocycles. The Labute approximate surface area is 131 Å². The Hall–Kier alpha value is -2.76. The summed E-state index contributed by atoms with van der Waals surface area (Å²) >= 11 is 0. The third kappa shape index (κ3) is 2.67. The average Bonchev–Trinajstić information content (AvgIpc) is 2.88. The number of hydrogen-bond donors (Lipinski definition) is 1. The fourth-order valence-electron chi connectivity index (χ4n) is 2.96. The molecular weight excluding hydrogens is 304 g/mol. The number of anilines is 1. The lowest BCUT2D eigenvalue weighted by Crippen LogP contribution is -2.41. The monoisotopic (exact) mass is 317 g/mol. The zero-order valence-corrected chi connectivity index (χ0v) is 11.9. The van der Waals surface area contributed by atoms with Crippen molar-refractivity contribution >= 4 is 17.6 Å². The molecule has 23 heavy (non-hydrogen) atoms. The second-order valence-corrected chi connectivity index (χ2v) is 5.37. The number of benzene rings is 2. The van der Waals surface area contributed by atoms with Crippen molar-refractivity contribution in [3.8, 4) is 0 Å². The van der Waals surface area contributed by atoms with Crippen LogP contribution in [0.25, 0.3) is 0 Å². The van der Waals surface area contributed by atoms with E-state index in [1.54, 1.807) is 30.3 Å². The molecule has 1 aliphatic heterocycles. The minimum absolute atomic E-state index is 0.0000243. The van der Waals surface area contributed by atoms with Crippen LogP contribution < -0.4 is 4.90 Å². The van der Waals surface area contributed by atoms with Crippen LogP contribution >= 0.6 is 0 Å². The first-order valence-electron chi connectivity index (χ1n) is 7.04. The summed E-state index contributed by atoms with van der Waals surface area (Å²) < 4.78 is 26.5. The van der Waals surface area contributed by atoms with Crippen LogP contribution in [0.1, 0.15) is 17.9 Å². The van der Waals surface area contributed by atoms with Gasteiger partial charge in [-0.1, -0.05) is 30.3 Å². The smallest absolute Gasteiger partial charge is 0.327 e. The standard InChI is InChI=1S/C17H13F2NO3/c18-13-7-6-11(8-14(13)19)20-15(21)9-12(16(20)17(22)23)10-4-2-1-3-5-10/h1-8,12,16H,9H2,(H,22,23)/t12-,16+/m0/s1. The molecule has 6 heteroatoms. The molecule has 3 rings (SSSR count). The molecule has 1 aliphatic rings. The van der Waals surface area contributed by atoms with Gasteiger partial charge in [0.25, 0.3) is 0 Å². The minimum atomic E-state index is -1.19.